The van der Waals surface area contributed by atoms with E-state index in [0.717, 1.165) is 10.9 Å². The van der Waals surface area contributed by atoms with E-state index >= 15 is 0 Å². The maximum absolute atomic E-state index is 13.2. The third kappa shape index (κ3) is 3.87. The summed E-state index contributed by atoms with van der Waals surface area (Å²) in [4.78, 5) is 32.7. The lowest BCUT2D eigenvalue weighted by Gasteiger charge is -2.29. The predicted molar refractivity (Wildman–Crippen MR) is 116 cm³/mol. The van der Waals surface area contributed by atoms with Gasteiger partial charge in [-0.2, -0.15) is 0 Å². The van der Waals surface area contributed by atoms with Crippen molar-refractivity contribution in [1.82, 2.24) is 14.5 Å². The second-order valence-electron chi connectivity index (χ2n) is 6.72. The molecule has 28 heavy (non-hydrogen) atoms. The highest BCUT2D eigenvalue weighted by Gasteiger charge is 2.25. The van der Waals surface area contributed by atoms with Gasteiger partial charge in [0.25, 0.3) is 11.5 Å². The predicted octanol–water partition coefficient (Wildman–Crippen LogP) is 4.79. The van der Waals surface area contributed by atoms with Gasteiger partial charge in [0.05, 0.1) is 16.9 Å². The van der Waals surface area contributed by atoms with Gasteiger partial charge in [-0.15, -0.1) is 0 Å². The molecule has 0 saturated heterocycles. The SMILES string of the molecule is CCCn1c(C(C)N(CC)C(=O)c2cccc(Br)c2)nc2ccccc2c1=O. The number of nitrogens with zero attached hydrogens (tertiary/aromatic N) is 3. The van der Waals surface area contributed by atoms with Crippen molar-refractivity contribution in [2.45, 2.75) is 39.8 Å². The second kappa shape index (κ2) is 8.69. The zero-order valence-corrected chi connectivity index (χ0v) is 17.9. The number of hydrogen-bond acceptors (Lipinski definition) is 3. The molecule has 1 amide bonds. The largest absolute Gasteiger partial charge is 0.329 e. The Kier molecular flexibility index (Phi) is 6.29. The maximum Gasteiger partial charge on any atom is 0.261 e. The molecule has 0 N–H and O–H groups in total. The van der Waals surface area contributed by atoms with Gasteiger partial charge in [0.1, 0.15) is 5.82 Å². The van der Waals surface area contributed by atoms with Crippen molar-refractivity contribution in [2.75, 3.05) is 6.54 Å². The van der Waals surface area contributed by atoms with E-state index in [4.69, 9.17) is 4.98 Å². The number of aromatic nitrogens is 2. The van der Waals surface area contributed by atoms with Crippen LogP contribution in [-0.4, -0.2) is 26.9 Å². The van der Waals surface area contributed by atoms with Gasteiger partial charge in [0.15, 0.2) is 0 Å². The van der Waals surface area contributed by atoms with Crippen LogP contribution >= 0.6 is 15.9 Å². The van der Waals surface area contributed by atoms with Crippen molar-refractivity contribution in [1.29, 1.82) is 0 Å². The summed E-state index contributed by atoms with van der Waals surface area (Å²) < 4.78 is 2.57. The molecular weight excluding hydrogens is 418 g/mol. The molecule has 0 fully saturated rings. The normalized spacial score (nSPS) is 12.1. The molecule has 0 spiro atoms. The molecule has 1 heterocycles. The van der Waals surface area contributed by atoms with Gasteiger partial charge < -0.3 is 4.90 Å². The van der Waals surface area contributed by atoms with Crippen LogP contribution in [-0.2, 0) is 6.54 Å². The van der Waals surface area contributed by atoms with Crippen molar-refractivity contribution in [3.63, 3.8) is 0 Å². The second-order valence-corrected chi connectivity index (χ2v) is 7.64. The van der Waals surface area contributed by atoms with Crippen molar-refractivity contribution in [3.8, 4) is 0 Å². The molecule has 3 rings (SSSR count). The Bertz CT molecular complexity index is 1060. The van der Waals surface area contributed by atoms with Crippen LogP contribution in [0.4, 0.5) is 0 Å². The molecule has 146 valence electrons. The van der Waals surface area contributed by atoms with E-state index in [0.29, 0.717) is 35.4 Å². The van der Waals surface area contributed by atoms with Gasteiger partial charge in [0, 0.05) is 23.1 Å². The molecule has 0 radical (unpaired) electrons. The number of carbonyl (C=O) groups excluding carboxylic acids is 1. The summed E-state index contributed by atoms with van der Waals surface area (Å²) in [5.74, 6) is 0.539. The highest BCUT2D eigenvalue weighted by molar-refractivity contribution is 9.10. The Morgan fingerprint density at radius 3 is 2.61 bits per heavy atom. The average molecular weight is 442 g/mol. The monoisotopic (exact) mass is 441 g/mol. The molecule has 0 bridgehead atoms. The number of fused-ring (bicyclic) bond motifs is 1. The number of para-hydroxylation sites is 1. The number of carbonyl (C=O) groups is 1. The summed E-state index contributed by atoms with van der Waals surface area (Å²) in [5, 5.41) is 0.605. The molecule has 1 atom stereocenters. The zero-order chi connectivity index (χ0) is 20.3. The van der Waals surface area contributed by atoms with Gasteiger partial charge in [-0.3, -0.25) is 14.2 Å². The third-order valence-electron chi connectivity index (χ3n) is 4.85. The fourth-order valence-corrected chi connectivity index (χ4v) is 3.86. The van der Waals surface area contributed by atoms with E-state index in [2.05, 4.69) is 15.9 Å². The molecule has 5 nitrogen and oxygen atoms in total. The van der Waals surface area contributed by atoms with Gasteiger partial charge in [-0.25, -0.2) is 4.98 Å². The third-order valence-corrected chi connectivity index (χ3v) is 5.35. The lowest BCUT2D eigenvalue weighted by Crippen LogP contribution is -2.37. The van der Waals surface area contributed by atoms with Crippen LogP contribution in [0, 0.1) is 0 Å². The first-order valence-corrected chi connectivity index (χ1v) is 10.3. The van der Waals surface area contributed by atoms with Crippen molar-refractivity contribution in [3.05, 3.63) is 74.7 Å². The molecule has 2 aromatic carbocycles. The molecule has 1 aromatic heterocycles. The number of halogens is 1. The van der Waals surface area contributed by atoms with E-state index in [1.54, 1.807) is 21.6 Å². The number of rotatable bonds is 6. The smallest absolute Gasteiger partial charge is 0.261 e. The van der Waals surface area contributed by atoms with Crippen LogP contribution in [0.15, 0.2) is 57.8 Å². The van der Waals surface area contributed by atoms with Crippen LogP contribution in [0.1, 0.15) is 49.4 Å². The minimum atomic E-state index is -0.333. The standard InChI is InChI=1S/C22H24BrN3O2/c1-4-13-26-20(24-19-12-7-6-11-18(19)22(26)28)15(3)25(5-2)21(27)16-9-8-10-17(23)14-16/h6-12,14-15H,4-5,13H2,1-3H3. The lowest BCUT2D eigenvalue weighted by molar-refractivity contribution is 0.0691. The first-order chi connectivity index (χ1) is 13.5. The average Bonchev–Trinajstić information content (AvgIpc) is 2.70. The van der Waals surface area contributed by atoms with Crippen LogP contribution in [0.3, 0.4) is 0 Å². The highest BCUT2D eigenvalue weighted by Crippen LogP contribution is 2.23. The van der Waals surface area contributed by atoms with E-state index in [1.165, 1.54) is 0 Å². The zero-order valence-electron chi connectivity index (χ0n) is 16.4. The minimum absolute atomic E-state index is 0.0553. The summed E-state index contributed by atoms with van der Waals surface area (Å²) in [6.07, 6.45) is 0.811. The Balaban J connectivity index is 2.10. The number of amides is 1. The summed E-state index contributed by atoms with van der Waals surface area (Å²) in [6, 6.07) is 14.4. The van der Waals surface area contributed by atoms with Crippen LogP contribution < -0.4 is 5.56 Å². The van der Waals surface area contributed by atoms with E-state index in [1.807, 2.05) is 57.2 Å². The number of hydrogen-bond donors (Lipinski definition) is 0. The Morgan fingerprint density at radius 1 is 1.18 bits per heavy atom. The van der Waals surface area contributed by atoms with Gasteiger partial charge in [-0.1, -0.05) is 41.1 Å². The maximum atomic E-state index is 13.2. The lowest BCUT2D eigenvalue weighted by atomic mass is 10.1. The molecule has 6 heteroatoms. The highest BCUT2D eigenvalue weighted by atomic mass is 79.9. The van der Waals surface area contributed by atoms with Crippen molar-refractivity contribution < 1.29 is 4.79 Å². The minimum Gasteiger partial charge on any atom is -0.329 e. The van der Waals surface area contributed by atoms with Gasteiger partial charge >= 0.3 is 0 Å². The summed E-state index contributed by atoms with van der Waals surface area (Å²) in [7, 11) is 0. The summed E-state index contributed by atoms with van der Waals surface area (Å²) >= 11 is 3.42. The Hall–Kier alpha value is -2.47. The topological polar surface area (TPSA) is 55.2 Å². The van der Waals surface area contributed by atoms with Crippen molar-refractivity contribution >= 4 is 32.7 Å². The molecule has 0 aliphatic heterocycles. The summed E-state index contributed by atoms with van der Waals surface area (Å²) in [5.41, 5.74) is 1.21. The van der Waals surface area contributed by atoms with Crippen LogP contribution in [0.25, 0.3) is 10.9 Å². The molecule has 3 aromatic rings. The number of benzene rings is 2. The van der Waals surface area contributed by atoms with Crippen molar-refractivity contribution in [2.24, 2.45) is 0 Å². The van der Waals surface area contributed by atoms with E-state index < -0.39 is 0 Å². The molecule has 1 unspecified atom stereocenters. The molecule has 0 aliphatic rings. The van der Waals surface area contributed by atoms with E-state index in [9.17, 15) is 9.59 Å². The molecular formula is C22H24BrN3O2. The fraction of sp³-hybridized carbons (Fsp3) is 0.318. The van der Waals surface area contributed by atoms with E-state index in [-0.39, 0.29) is 17.5 Å². The first-order valence-electron chi connectivity index (χ1n) is 9.53. The Morgan fingerprint density at radius 2 is 1.93 bits per heavy atom. The summed E-state index contributed by atoms with van der Waals surface area (Å²) in [6.45, 7) is 6.98. The Labute approximate surface area is 173 Å². The van der Waals surface area contributed by atoms with Crippen LogP contribution in [0.5, 0.6) is 0 Å². The van der Waals surface area contributed by atoms with Gasteiger partial charge in [-0.05, 0) is 50.6 Å². The molecule has 0 saturated carbocycles. The van der Waals surface area contributed by atoms with Crippen LogP contribution in [0.2, 0.25) is 0 Å². The quantitative estimate of drug-likeness (QED) is 0.552. The first kappa shape index (κ1) is 20.3. The van der Waals surface area contributed by atoms with Gasteiger partial charge in [0.2, 0.25) is 0 Å². The molecule has 0 aliphatic carbocycles. The fourth-order valence-electron chi connectivity index (χ4n) is 3.46.